The summed E-state index contributed by atoms with van der Waals surface area (Å²) in [5, 5.41) is 9.44. The van der Waals surface area contributed by atoms with Crippen LogP contribution in [0.4, 0.5) is 5.69 Å². The molecule has 0 radical (unpaired) electrons. The molecule has 0 spiro atoms. The van der Waals surface area contributed by atoms with Crippen LogP contribution in [0, 0.1) is 17.2 Å². The lowest BCUT2D eigenvalue weighted by Gasteiger charge is -2.36. The van der Waals surface area contributed by atoms with E-state index in [9.17, 15) is 5.26 Å². The van der Waals surface area contributed by atoms with Gasteiger partial charge in [-0.25, -0.2) is 0 Å². The lowest BCUT2D eigenvalue weighted by atomic mass is 10.1. The third kappa shape index (κ3) is 2.94. The monoisotopic (exact) mass is 287 g/mol. The number of piperazine rings is 1. The number of thioether (sulfide) groups is 1. The highest BCUT2D eigenvalue weighted by Crippen LogP contribution is 2.32. The largest absolute Gasteiger partial charge is 0.368 e. The van der Waals surface area contributed by atoms with Crippen molar-refractivity contribution in [2.45, 2.75) is 17.7 Å². The molecule has 2 aliphatic rings. The molecule has 1 aliphatic heterocycles. The van der Waals surface area contributed by atoms with Gasteiger partial charge < -0.3 is 4.90 Å². The van der Waals surface area contributed by atoms with Crippen LogP contribution in [0.1, 0.15) is 18.4 Å². The number of nitrogens with zero attached hydrogens (tertiary/aromatic N) is 3. The molecule has 0 amide bonds. The Bertz CT molecular complexity index is 511. The van der Waals surface area contributed by atoms with Gasteiger partial charge in [0.2, 0.25) is 0 Å². The Labute approximate surface area is 125 Å². The van der Waals surface area contributed by atoms with E-state index in [-0.39, 0.29) is 0 Å². The second-order valence-electron chi connectivity index (χ2n) is 5.70. The van der Waals surface area contributed by atoms with E-state index in [1.165, 1.54) is 19.4 Å². The summed E-state index contributed by atoms with van der Waals surface area (Å²) in [6, 6.07) is 8.59. The molecule has 0 N–H and O–H groups in total. The third-order valence-electron chi connectivity index (χ3n) is 4.26. The second-order valence-corrected chi connectivity index (χ2v) is 6.55. The highest BCUT2D eigenvalue weighted by molar-refractivity contribution is 7.98. The molecule has 1 saturated carbocycles. The molecule has 20 heavy (non-hydrogen) atoms. The molecule has 1 aromatic rings. The zero-order chi connectivity index (χ0) is 13.9. The number of anilines is 1. The van der Waals surface area contributed by atoms with E-state index < -0.39 is 0 Å². The van der Waals surface area contributed by atoms with Crippen LogP contribution < -0.4 is 4.90 Å². The summed E-state index contributed by atoms with van der Waals surface area (Å²) in [7, 11) is 0. The molecule has 3 nitrogen and oxygen atoms in total. The van der Waals surface area contributed by atoms with Crippen molar-refractivity contribution in [3.63, 3.8) is 0 Å². The Hall–Kier alpha value is -1.18. The molecule has 3 rings (SSSR count). The van der Waals surface area contributed by atoms with Gasteiger partial charge in [0.05, 0.1) is 11.3 Å². The lowest BCUT2D eigenvalue weighted by molar-refractivity contribution is 0.248. The van der Waals surface area contributed by atoms with E-state index in [0.717, 1.165) is 48.2 Å². The molecule has 0 atom stereocenters. The first-order valence-corrected chi connectivity index (χ1v) is 8.58. The molecule has 1 aliphatic carbocycles. The van der Waals surface area contributed by atoms with Gasteiger partial charge in [-0.05, 0) is 37.1 Å². The molecule has 0 unspecified atom stereocenters. The van der Waals surface area contributed by atoms with Gasteiger partial charge in [-0.1, -0.05) is 6.07 Å². The summed E-state index contributed by atoms with van der Waals surface area (Å²) in [6.07, 6.45) is 4.89. The van der Waals surface area contributed by atoms with Gasteiger partial charge in [0.25, 0.3) is 0 Å². The van der Waals surface area contributed by atoms with Crippen LogP contribution in [0.15, 0.2) is 23.1 Å². The Morgan fingerprint density at radius 2 is 2.00 bits per heavy atom. The van der Waals surface area contributed by atoms with E-state index in [2.05, 4.69) is 28.0 Å². The van der Waals surface area contributed by atoms with E-state index in [1.54, 1.807) is 11.8 Å². The maximum atomic E-state index is 9.44. The molecular formula is C16H21N3S. The fraction of sp³-hybridized carbons (Fsp3) is 0.562. The van der Waals surface area contributed by atoms with Crippen LogP contribution >= 0.6 is 11.8 Å². The molecule has 1 aromatic carbocycles. The van der Waals surface area contributed by atoms with Crippen LogP contribution in [0.25, 0.3) is 0 Å². The van der Waals surface area contributed by atoms with Crippen molar-refractivity contribution < 1.29 is 0 Å². The summed E-state index contributed by atoms with van der Waals surface area (Å²) >= 11 is 1.66. The number of hydrogen-bond acceptors (Lipinski definition) is 4. The number of hydrogen-bond donors (Lipinski definition) is 0. The topological polar surface area (TPSA) is 30.3 Å². The highest BCUT2D eigenvalue weighted by Gasteiger charge is 2.27. The average Bonchev–Trinajstić information content (AvgIpc) is 3.31. The first-order chi connectivity index (χ1) is 9.81. The summed E-state index contributed by atoms with van der Waals surface area (Å²) in [6.45, 7) is 5.62. The quantitative estimate of drug-likeness (QED) is 0.797. The minimum absolute atomic E-state index is 0.843. The van der Waals surface area contributed by atoms with Gasteiger partial charge in [-0.3, -0.25) is 4.90 Å². The first kappa shape index (κ1) is 13.8. The summed E-state index contributed by atoms with van der Waals surface area (Å²) in [4.78, 5) is 6.05. The molecular weight excluding hydrogens is 266 g/mol. The van der Waals surface area contributed by atoms with Crippen molar-refractivity contribution in [3.8, 4) is 6.07 Å². The van der Waals surface area contributed by atoms with Crippen LogP contribution in [0.2, 0.25) is 0 Å². The van der Waals surface area contributed by atoms with E-state index in [0.29, 0.717) is 0 Å². The van der Waals surface area contributed by atoms with E-state index in [1.807, 2.05) is 12.3 Å². The molecule has 1 heterocycles. The molecule has 4 heteroatoms. The Morgan fingerprint density at radius 3 is 2.60 bits per heavy atom. The SMILES string of the molecule is CSc1cccc(N2CCN(CC3CC3)CC2)c1C#N. The number of nitriles is 1. The average molecular weight is 287 g/mol. The first-order valence-electron chi connectivity index (χ1n) is 7.36. The smallest absolute Gasteiger partial charge is 0.103 e. The van der Waals surface area contributed by atoms with Crippen LogP contribution in [0.3, 0.4) is 0 Å². The van der Waals surface area contributed by atoms with Crippen LogP contribution in [-0.4, -0.2) is 43.9 Å². The molecule has 1 saturated heterocycles. The number of rotatable bonds is 4. The van der Waals surface area contributed by atoms with Crippen molar-refractivity contribution in [2.24, 2.45) is 5.92 Å². The minimum Gasteiger partial charge on any atom is -0.368 e. The van der Waals surface area contributed by atoms with Crippen molar-refractivity contribution in [1.82, 2.24) is 4.90 Å². The van der Waals surface area contributed by atoms with Crippen molar-refractivity contribution in [3.05, 3.63) is 23.8 Å². The van der Waals surface area contributed by atoms with E-state index in [4.69, 9.17) is 0 Å². The summed E-state index contributed by atoms with van der Waals surface area (Å²) < 4.78 is 0. The van der Waals surface area contributed by atoms with Gasteiger partial charge in [-0.15, -0.1) is 11.8 Å². The minimum atomic E-state index is 0.843. The Morgan fingerprint density at radius 1 is 1.25 bits per heavy atom. The maximum Gasteiger partial charge on any atom is 0.103 e. The van der Waals surface area contributed by atoms with Crippen molar-refractivity contribution in [2.75, 3.05) is 43.9 Å². The fourth-order valence-electron chi connectivity index (χ4n) is 2.90. The summed E-state index contributed by atoms with van der Waals surface area (Å²) in [5.74, 6) is 0.969. The van der Waals surface area contributed by atoms with Crippen molar-refractivity contribution >= 4 is 17.4 Å². The molecule has 2 fully saturated rings. The Kier molecular flexibility index (Phi) is 4.18. The lowest BCUT2D eigenvalue weighted by Crippen LogP contribution is -2.47. The summed E-state index contributed by atoms with van der Waals surface area (Å²) in [5.41, 5.74) is 1.96. The van der Waals surface area contributed by atoms with Crippen LogP contribution in [0.5, 0.6) is 0 Å². The Balaban J connectivity index is 1.69. The standard InChI is InChI=1S/C16H21N3S/c1-20-16-4-2-3-15(14(16)11-17)19-9-7-18(8-10-19)12-13-5-6-13/h2-4,13H,5-10,12H2,1H3. The zero-order valence-electron chi connectivity index (χ0n) is 12.0. The van der Waals surface area contributed by atoms with Crippen LogP contribution in [-0.2, 0) is 0 Å². The van der Waals surface area contributed by atoms with Gasteiger partial charge in [0.1, 0.15) is 6.07 Å². The zero-order valence-corrected chi connectivity index (χ0v) is 12.8. The van der Waals surface area contributed by atoms with Gasteiger partial charge >= 0.3 is 0 Å². The molecule has 0 aromatic heterocycles. The van der Waals surface area contributed by atoms with Crippen molar-refractivity contribution in [1.29, 1.82) is 5.26 Å². The molecule has 106 valence electrons. The second kappa shape index (κ2) is 6.07. The normalized spacial score (nSPS) is 19.9. The predicted octanol–water partition coefficient (Wildman–Crippen LogP) is 2.81. The predicted molar refractivity (Wildman–Crippen MR) is 84.3 cm³/mol. The highest BCUT2D eigenvalue weighted by atomic mass is 32.2. The molecule has 0 bridgehead atoms. The van der Waals surface area contributed by atoms with E-state index >= 15 is 0 Å². The maximum absolute atomic E-state index is 9.44. The van der Waals surface area contributed by atoms with Gasteiger partial charge in [0.15, 0.2) is 0 Å². The van der Waals surface area contributed by atoms with Gasteiger partial charge in [-0.2, -0.15) is 5.26 Å². The van der Waals surface area contributed by atoms with Gasteiger partial charge in [0, 0.05) is 37.6 Å². The fourth-order valence-corrected chi connectivity index (χ4v) is 3.47. The number of benzene rings is 1. The third-order valence-corrected chi connectivity index (χ3v) is 5.04.